The fourth-order valence-electron chi connectivity index (χ4n) is 2.11. The molecule has 3 nitrogen and oxygen atoms in total. The van der Waals surface area contributed by atoms with Gasteiger partial charge in [-0.2, -0.15) is 0 Å². The van der Waals surface area contributed by atoms with Crippen molar-refractivity contribution in [1.82, 2.24) is 10.6 Å². The molecule has 0 aromatic heterocycles. The molecule has 5 heteroatoms. The molecule has 2 fully saturated rings. The zero-order valence-electron chi connectivity index (χ0n) is 7.52. The number of piperidine rings is 2. The van der Waals surface area contributed by atoms with Crippen molar-refractivity contribution in [3.63, 3.8) is 0 Å². The Labute approximate surface area is 99.7 Å². The number of fused-ring (bicyclic) bond motifs is 1. The van der Waals surface area contributed by atoms with E-state index in [2.05, 4.69) is 23.4 Å². The Morgan fingerprint density at radius 1 is 0.923 bits per heavy atom. The molecule has 0 unspecified atom stereocenters. The summed E-state index contributed by atoms with van der Waals surface area (Å²) in [5.41, 5.74) is 0. The molecule has 0 spiro atoms. The SMILES string of the molecule is C1CN[C@H]2CCCN[C@H]2C1.[Cu+][I].[OH-]. The van der Waals surface area contributed by atoms with Crippen LogP contribution in [0.5, 0.6) is 0 Å². The maximum Gasteiger partial charge on any atom is -0.870 e. The molecule has 13 heavy (non-hydrogen) atoms. The van der Waals surface area contributed by atoms with Crippen LogP contribution in [0.1, 0.15) is 25.7 Å². The van der Waals surface area contributed by atoms with Gasteiger partial charge in [0.05, 0.1) is 0 Å². The van der Waals surface area contributed by atoms with Crippen molar-refractivity contribution >= 4 is 20.3 Å². The van der Waals surface area contributed by atoms with E-state index in [1.807, 2.05) is 0 Å². The van der Waals surface area contributed by atoms with Crippen LogP contribution in [0.4, 0.5) is 0 Å². The second kappa shape index (κ2) is 8.44. The number of nitrogens with one attached hydrogen (secondary N) is 2. The molecule has 0 amide bonds. The van der Waals surface area contributed by atoms with Gasteiger partial charge in [0.15, 0.2) is 0 Å². The van der Waals surface area contributed by atoms with Crippen LogP contribution in [-0.4, -0.2) is 30.6 Å². The Bertz CT molecular complexity index is 103. The molecule has 0 aromatic carbocycles. The van der Waals surface area contributed by atoms with Gasteiger partial charge in [-0.25, -0.2) is 0 Å². The van der Waals surface area contributed by atoms with Crippen LogP contribution < -0.4 is 10.6 Å². The number of rotatable bonds is 0. The van der Waals surface area contributed by atoms with Crippen molar-refractivity contribution in [2.24, 2.45) is 0 Å². The van der Waals surface area contributed by atoms with E-state index in [-0.39, 0.29) is 5.48 Å². The molecule has 2 rings (SSSR count). The Kier molecular flexibility index (Phi) is 9.17. The summed E-state index contributed by atoms with van der Waals surface area (Å²) >= 11 is 5.87. The maximum absolute atomic E-state index is 4.16. The van der Waals surface area contributed by atoms with Crippen molar-refractivity contribution in [3.8, 4) is 0 Å². The van der Waals surface area contributed by atoms with Crippen molar-refractivity contribution in [3.05, 3.63) is 0 Å². The van der Waals surface area contributed by atoms with Gasteiger partial charge in [-0.05, 0) is 38.8 Å². The molecule has 2 aliphatic heterocycles. The molecule has 2 saturated heterocycles. The third kappa shape index (κ3) is 4.44. The first-order valence-corrected chi connectivity index (χ1v) is 7.59. The van der Waals surface area contributed by atoms with Gasteiger partial charge in [0.1, 0.15) is 0 Å². The van der Waals surface area contributed by atoms with Gasteiger partial charge in [-0.3, -0.25) is 0 Å². The number of halogens is 1. The molecule has 2 aliphatic rings. The van der Waals surface area contributed by atoms with E-state index in [1.165, 1.54) is 38.8 Å². The van der Waals surface area contributed by atoms with Gasteiger partial charge >= 0.3 is 33.1 Å². The van der Waals surface area contributed by atoms with Crippen LogP contribution in [0.2, 0.25) is 0 Å². The normalized spacial score (nSPS) is 31.9. The Hall–Kier alpha value is 1.13. The van der Waals surface area contributed by atoms with E-state index in [1.54, 1.807) is 20.3 Å². The first-order chi connectivity index (χ1) is 5.97. The average Bonchev–Trinajstić information content (AvgIpc) is 2.21. The predicted octanol–water partition coefficient (Wildman–Crippen LogP) is 1.20. The van der Waals surface area contributed by atoms with Crippen LogP contribution in [-0.2, 0) is 12.8 Å². The number of hydrogen-bond donors (Lipinski definition) is 2. The molecule has 0 bridgehead atoms. The zero-order valence-corrected chi connectivity index (χ0v) is 10.6. The summed E-state index contributed by atoms with van der Waals surface area (Å²) in [5, 5.41) is 7.12. The molecule has 0 radical (unpaired) electrons. The topological polar surface area (TPSA) is 54.1 Å². The monoisotopic (exact) mass is 347 g/mol. The van der Waals surface area contributed by atoms with Crippen molar-refractivity contribution in [2.45, 2.75) is 37.8 Å². The van der Waals surface area contributed by atoms with E-state index in [0.717, 1.165) is 12.1 Å². The van der Waals surface area contributed by atoms with Gasteiger partial charge in [0.25, 0.3) is 0 Å². The first kappa shape index (κ1) is 14.1. The second-order valence-electron chi connectivity index (χ2n) is 3.41. The minimum atomic E-state index is 0. The minimum Gasteiger partial charge on any atom is -0.870 e. The van der Waals surface area contributed by atoms with Crippen molar-refractivity contribution in [1.29, 1.82) is 0 Å². The van der Waals surface area contributed by atoms with Gasteiger partial charge in [-0.15, -0.1) is 0 Å². The average molecular weight is 348 g/mol. The summed E-state index contributed by atoms with van der Waals surface area (Å²) < 4.78 is 0. The van der Waals surface area contributed by atoms with Crippen LogP contribution in [0.3, 0.4) is 0 Å². The summed E-state index contributed by atoms with van der Waals surface area (Å²) in [6.07, 6.45) is 5.48. The van der Waals surface area contributed by atoms with Gasteiger partial charge in [-0.1, -0.05) is 0 Å². The molecule has 0 aromatic rings. The zero-order chi connectivity index (χ0) is 8.81. The molecule has 83 valence electrons. The maximum atomic E-state index is 4.16. The molecule has 3 N–H and O–H groups in total. The quantitative estimate of drug-likeness (QED) is 0.511. The standard InChI is InChI=1S/C8H16N2.Cu.HI.H2O/c1-3-7-8(9-5-1)4-2-6-10-7;;;/h7-10H,1-6H2;;1H;1H2/q;+2;;/p-2/t7-,8-;;;/m0.../s1. The summed E-state index contributed by atoms with van der Waals surface area (Å²) in [5.74, 6) is 0. The summed E-state index contributed by atoms with van der Waals surface area (Å²) in [6, 6.07) is 1.59. The van der Waals surface area contributed by atoms with E-state index < -0.39 is 0 Å². The Morgan fingerprint density at radius 2 is 1.31 bits per heavy atom. The van der Waals surface area contributed by atoms with E-state index in [9.17, 15) is 0 Å². The van der Waals surface area contributed by atoms with E-state index >= 15 is 0 Å². The second-order valence-corrected chi connectivity index (χ2v) is 3.41. The van der Waals surface area contributed by atoms with Crippen LogP contribution in [0, 0.1) is 0 Å². The summed E-state index contributed by atoms with van der Waals surface area (Å²) in [4.78, 5) is 0. The third-order valence-corrected chi connectivity index (χ3v) is 2.68. The van der Waals surface area contributed by atoms with Gasteiger partial charge < -0.3 is 16.1 Å². The van der Waals surface area contributed by atoms with Gasteiger partial charge in [0, 0.05) is 12.1 Å². The fraction of sp³-hybridized carbons (Fsp3) is 1.00. The number of hydrogen-bond acceptors (Lipinski definition) is 3. The summed E-state index contributed by atoms with van der Waals surface area (Å²) in [7, 11) is 0. The Morgan fingerprint density at radius 3 is 1.69 bits per heavy atom. The molecule has 2 heterocycles. The fourth-order valence-corrected chi connectivity index (χ4v) is 2.11. The largest absolute Gasteiger partial charge is 0.870 e. The summed E-state index contributed by atoms with van der Waals surface area (Å²) in [6.45, 7) is 2.48. The first-order valence-electron chi connectivity index (χ1n) is 4.55. The van der Waals surface area contributed by atoms with Crippen LogP contribution in [0.15, 0.2) is 0 Å². The third-order valence-electron chi connectivity index (χ3n) is 2.68. The molecule has 2 atom stereocenters. The van der Waals surface area contributed by atoms with Crippen molar-refractivity contribution < 1.29 is 18.2 Å². The van der Waals surface area contributed by atoms with Crippen LogP contribution >= 0.6 is 20.3 Å². The minimum absolute atomic E-state index is 0. The van der Waals surface area contributed by atoms with E-state index in [4.69, 9.17) is 0 Å². The Balaban J connectivity index is 0.000000451. The molecule has 0 aliphatic carbocycles. The molecular formula is C8H17CuIN2O. The van der Waals surface area contributed by atoms with E-state index in [0.29, 0.717) is 0 Å². The molecule has 0 saturated carbocycles. The molecular weight excluding hydrogens is 331 g/mol. The van der Waals surface area contributed by atoms with Crippen molar-refractivity contribution in [2.75, 3.05) is 13.1 Å². The van der Waals surface area contributed by atoms with Crippen LogP contribution in [0.25, 0.3) is 0 Å². The smallest absolute Gasteiger partial charge is 0.870 e. The predicted molar refractivity (Wildman–Crippen MR) is 58.0 cm³/mol. The van der Waals surface area contributed by atoms with Gasteiger partial charge in [0.2, 0.25) is 0 Å².